The van der Waals surface area contributed by atoms with Crippen LogP contribution in [0.4, 0.5) is 0 Å². The Morgan fingerprint density at radius 1 is 1.38 bits per heavy atom. The summed E-state index contributed by atoms with van der Waals surface area (Å²) in [4.78, 5) is 0. The Morgan fingerprint density at radius 2 is 2.08 bits per heavy atom. The summed E-state index contributed by atoms with van der Waals surface area (Å²) in [7, 11) is 0. The van der Waals surface area contributed by atoms with Gasteiger partial charge in [-0.2, -0.15) is 0 Å². The molecule has 0 fully saturated rings. The van der Waals surface area contributed by atoms with Gasteiger partial charge in [0.15, 0.2) is 0 Å². The van der Waals surface area contributed by atoms with Gasteiger partial charge in [0.05, 0.1) is 11.1 Å². The van der Waals surface area contributed by atoms with Crippen molar-refractivity contribution in [3.05, 3.63) is 28.2 Å². The van der Waals surface area contributed by atoms with Crippen molar-refractivity contribution < 1.29 is 4.74 Å². The molecule has 13 heavy (non-hydrogen) atoms. The zero-order chi connectivity index (χ0) is 9.84. The lowest BCUT2D eigenvalue weighted by molar-refractivity contribution is 0.269. The van der Waals surface area contributed by atoms with Gasteiger partial charge in [-0.1, -0.05) is 26.0 Å². The molecule has 0 unspecified atom stereocenters. The minimum absolute atomic E-state index is 0.562. The highest BCUT2D eigenvalue weighted by molar-refractivity contribution is 9.10. The van der Waals surface area contributed by atoms with Gasteiger partial charge in [-0.15, -0.1) is 0 Å². The lowest BCUT2D eigenvalue weighted by Crippen LogP contribution is -2.04. The Bertz CT molecular complexity index is 281. The summed E-state index contributed by atoms with van der Waals surface area (Å²) >= 11 is 3.51. The van der Waals surface area contributed by atoms with Crippen LogP contribution in [0.3, 0.4) is 0 Å². The smallest absolute Gasteiger partial charge is 0.133 e. The Balaban J connectivity index is 2.71. The van der Waals surface area contributed by atoms with Crippen LogP contribution in [0, 0.1) is 12.8 Å². The molecule has 2 heteroatoms. The summed E-state index contributed by atoms with van der Waals surface area (Å²) in [5.74, 6) is 1.50. The van der Waals surface area contributed by atoms with Crippen LogP contribution in [0.25, 0.3) is 0 Å². The van der Waals surface area contributed by atoms with Gasteiger partial charge in [-0.25, -0.2) is 0 Å². The van der Waals surface area contributed by atoms with E-state index in [1.807, 2.05) is 12.1 Å². The lowest BCUT2D eigenvalue weighted by Gasteiger charge is -2.11. The van der Waals surface area contributed by atoms with Crippen molar-refractivity contribution in [1.29, 1.82) is 0 Å². The fraction of sp³-hybridized carbons (Fsp3) is 0.455. The van der Waals surface area contributed by atoms with Crippen LogP contribution in [0.5, 0.6) is 5.75 Å². The predicted molar refractivity (Wildman–Crippen MR) is 59.2 cm³/mol. The SMILES string of the molecule is Cc1cccc(OCC(C)C)c1Br. The van der Waals surface area contributed by atoms with Gasteiger partial charge in [-0.05, 0) is 40.4 Å². The monoisotopic (exact) mass is 242 g/mol. The molecule has 0 spiro atoms. The minimum atomic E-state index is 0.562. The molecule has 1 rings (SSSR count). The van der Waals surface area contributed by atoms with Crippen LogP contribution in [-0.2, 0) is 0 Å². The Morgan fingerprint density at radius 3 is 2.69 bits per heavy atom. The minimum Gasteiger partial charge on any atom is -0.492 e. The number of hydrogen-bond donors (Lipinski definition) is 0. The van der Waals surface area contributed by atoms with Crippen molar-refractivity contribution in [1.82, 2.24) is 0 Å². The first-order valence-corrected chi connectivity index (χ1v) is 5.28. The van der Waals surface area contributed by atoms with Crippen molar-refractivity contribution in [3.63, 3.8) is 0 Å². The van der Waals surface area contributed by atoms with Crippen LogP contribution in [0.15, 0.2) is 22.7 Å². The van der Waals surface area contributed by atoms with Crippen molar-refractivity contribution >= 4 is 15.9 Å². The van der Waals surface area contributed by atoms with Gasteiger partial charge < -0.3 is 4.74 Å². The molecule has 0 aliphatic heterocycles. The molecule has 0 aliphatic carbocycles. The molecule has 0 amide bonds. The van der Waals surface area contributed by atoms with Crippen LogP contribution >= 0.6 is 15.9 Å². The lowest BCUT2D eigenvalue weighted by atomic mass is 10.2. The highest BCUT2D eigenvalue weighted by Gasteiger charge is 2.03. The van der Waals surface area contributed by atoms with Crippen molar-refractivity contribution in [2.45, 2.75) is 20.8 Å². The van der Waals surface area contributed by atoms with Gasteiger partial charge >= 0.3 is 0 Å². The van der Waals surface area contributed by atoms with Crippen LogP contribution < -0.4 is 4.74 Å². The number of ether oxygens (including phenoxy) is 1. The van der Waals surface area contributed by atoms with E-state index >= 15 is 0 Å². The van der Waals surface area contributed by atoms with Gasteiger partial charge in [-0.3, -0.25) is 0 Å². The maximum atomic E-state index is 5.63. The second kappa shape index (κ2) is 4.66. The topological polar surface area (TPSA) is 9.23 Å². The van der Waals surface area contributed by atoms with E-state index in [9.17, 15) is 0 Å². The molecular weight excluding hydrogens is 228 g/mol. The number of benzene rings is 1. The third-order valence-corrected chi connectivity index (χ3v) is 2.74. The summed E-state index contributed by atoms with van der Waals surface area (Å²) in [5, 5.41) is 0. The molecule has 1 aromatic rings. The molecule has 0 heterocycles. The Labute approximate surface area is 88.2 Å². The quantitative estimate of drug-likeness (QED) is 0.784. The second-order valence-electron chi connectivity index (χ2n) is 3.59. The first-order valence-electron chi connectivity index (χ1n) is 4.49. The van der Waals surface area contributed by atoms with Gasteiger partial charge in [0.1, 0.15) is 5.75 Å². The Kier molecular flexibility index (Phi) is 3.79. The summed E-state index contributed by atoms with van der Waals surface area (Å²) in [6.07, 6.45) is 0. The molecule has 0 saturated heterocycles. The van der Waals surface area contributed by atoms with E-state index in [1.54, 1.807) is 0 Å². The fourth-order valence-corrected chi connectivity index (χ4v) is 1.37. The average molecular weight is 243 g/mol. The van der Waals surface area contributed by atoms with Gasteiger partial charge in [0.2, 0.25) is 0 Å². The summed E-state index contributed by atoms with van der Waals surface area (Å²) in [5.41, 5.74) is 1.21. The third-order valence-electron chi connectivity index (χ3n) is 1.73. The molecule has 0 N–H and O–H groups in total. The molecule has 0 bridgehead atoms. The van der Waals surface area contributed by atoms with E-state index in [2.05, 4.69) is 42.8 Å². The first-order chi connectivity index (χ1) is 6.11. The normalized spacial score (nSPS) is 10.5. The second-order valence-corrected chi connectivity index (χ2v) is 4.38. The summed E-state index contributed by atoms with van der Waals surface area (Å²) in [6, 6.07) is 6.06. The average Bonchev–Trinajstić information content (AvgIpc) is 2.07. The molecular formula is C11H15BrO. The molecule has 0 aromatic heterocycles. The Hall–Kier alpha value is -0.500. The number of halogens is 1. The van der Waals surface area contributed by atoms with Crippen molar-refractivity contribution in [2.75, 3.05) is 6.61 Å². The maximum absolute atomic E-state index is 5.63. The fourth-order valence-electron chi connectivity index (χ4n) is 0.988. The highest BCUT2D eigenvalue weighted by Crippen LogP contribution is 2.28. The number of rotatable bonds is 3. The first kappa shape index (κ1) is 10.6. The molecule has 0 atom stereocenters. The molecule has 1 aromatic carbocycles. The van der Waals surface area contributed by atoms with E-state index in [0.717, 1.165) is 16.8 Å². The van der Waals surface area contributed by atoms with Crippen molar-refractivity contribution in [3.8, 4) is 5.75 Å². The van der Waals surface area contributed by atoms with Crippen LogP contribution in [-0.4, -0.2) is 6.61 Å². The van der Waals surface area contributed by atoms with E-state index in [-0.39, 0.29) is 0 Å². The molecule has 0 saturated carbocycles. The van der Waals surface area contributed by atoms with E-state index in [0.29, 0.717) is 5.92 Å². The van der Waals surface area contributed by atoms with E-state index < -0.39 is 0 Å². The standard InChI is InChI=1S/C11H15BrO/c1-8(2)7-13-10-6-4-5-9(3)11(10)12/h4-6,8H,7H2,1-3H3. The zero-order valence-electron chi connectivity index (χ0n) is 8.30. The third kappa shape index (κ3) is 3.03. The molecule has 1 nitrogen and oxygen atoms in total. The zero-order valence-corrected chi connectivity index (χ0v) is 9.89. The van der Waals surface area contributed by atoms with Gasteiger partial charge in [0.25, 0.3) is 0 Å². The molecule has 0 radical (unpaired) electrons. The number of aryl methyl sites for hydroxylation is 1. The van der Waals surface area contributed by atoms with E-state index in [1.165, 1.54) is 5.56 Å². The van der Waals surface area contributed by atoms with Crippen LogP contribution in [0.1, 0.15) is 19.4 Å². The van der Waals surface area contributed by atoms with Crippen molar-refractivity contribution in [2.24, 2.45) is 5.92 Å². The summed E-state index contributed by atoms with van der Waals surface area (Å²) < 4.78 is 6.70. The molecule has 72 valence electrons. The largest absolute Gasteiger partial charge is 0.492 e. The van der Waals surface area contributed by atoms with E-state index in [4.69, 9.17) is 4.74 Å². The van der Waals surface area contributed by atoms with Gasteiger partial charge in [0, 0.05) is 0 Å². The number of hydrogen-bond acceptors (Lipinski definition) is 1. The predicted octanol–water partition coefficient (Wildman–Crippen LogP) is 3.79. The van der Waals surface area contributed by atoms with Crippen LogP contribution in [0.2, 0.25) is 0 Å². The highest BCUT2D eigenvalue weighted by atomic mass is 79.9. The maximum Gasteiger partial charge on any atom is 0.133 e. The summed E-state index contributed by atoms with van der Waals surface area (Å²) in [6.45, 7) is 7.11. The molecule has 0 aliphatic rings.